The van der Waals surface area contributed by atoms with Gasteiger partial charge in [0.05, 0.1) is 36.0 Å². The Labute approximate surface area is 402 Å². The molecule has 3 aromatic rings. The van der Waals surface area contributed by atoms with E-state index in [2.05, 4.69) is 4.90 Å². The van der Waals surface area contributed by atoms with Crippen LogP contribution in [0.2, 0.25) is 0 Å². The van der Waals surface area contributed by atoms with Crippen LogP contribution in [0.1, 0.15) is 69.6 Å². The van der Waals surface area contributed by atoms with Crippen molar-refractivity contribution in [3.05, 3.63) is 71.3 Å². The molecule has 2 saturated heterocycles. The topological polar surface area (TPSA) is 268 Å². The maximum atomic E-state index is 12.5. The first-order valence-electron chi connectivity index (χ1n) is 23.1. The van der Waals surface area contributed by atoms with Gasteiger partial charge < -0.3 is 60.6 Å². The number of ketones is 2. The van der Waals surface area contributed by atoms with Crippen LogP contribution in [0, 0.1) is 0 Å². The number of likely N-dealkylation sites (tertiary alicyclic amines) is 1. The molecule has 5 aliphatic heterocycles. The largest absolute Gasteiger partial charge is 0.489 e. The third kappa shape index (κ3) is 13.6. The zero-order valence-electron chi connectivity index (χ0n) is 39.7. The Balaban J connectivity index is 0.000000170. The molecule has 3 atom stereocenters. The summed E-state index contributed by atoms with van der Waals surface area (Å²) in [4.78, 5) is 81.9. The zero-order chi connectivity index (χ0) is 50.0. The van der Waals surface area contributed by atoms with Gasteiger partial charge in [0.1, 0.15) is 65.0 Å². The molecule has 6 N–H and O–H groups in total. The van der Waals surface area contributed by atoms with E-state index in [-0.39, 0.29) is 73.6 Å². The highest BCUT2D eigenvalue weighted by Gasteiger charge is 2.30. The van der Waals surface area contributed by atoms with E-state index in [0.29, 0.717) is 83.7 Å². The Hall–Kier alpha value is -5.97. The molecule has 69 heavy (non-hydrogen) atoms. The van der Waals surface area contributed by atoms with Crippen LogP contribution in [0.3, 0.4) is 0 Å². The van der Waals surface area contributed by atoms with Gasteiger partial charge in [-0.15, -0.1) is 0 Å². The number of ether oxygens (including phenoxy) is 4. The van der Waals surface area contributed by atoms with E-state index >= 15 is 0 Å². The molecular weight excluding hydrogens is 913 g/mol. The van der Waals surface area contributed by atoms with E-state index < -0.39 is 28.0 Å². The minimum Gasteiger partial charge on any atom is -0.489 e. The Bertz CT molecular complexity index is 2490. The molecular formula is C48H64N8O12S. The van der Waals surface area contributed by atoms with Crippen molar-refractivity contribution >= 4 is 62.1 Å². The number of amides is 4. The summed E-state index contributed by atoms with van der Waals surface area (Å²) >= 11 is 0. The lowest BCUT2D eigenvalue weighted by Gasteiger charge is -2.27. The Kier molecular flexibility index (Phi) is 17.9. The van der Waals surface area contributed by atoms with Gasteiger partial charge in [0.15, 0.2) is 11.6 Å². The molecule has 3 aromatic carbocycles. The quantitative estimate of drug-likeness (QED) is 0.231. The van der Waals surface area contributed by atoms with Crippen molar-refractivity contribution in [2.75, 3.05) is 114 Å². The molecule has 0 saturated carbocycles. The molecule has 0 spiro atoms. The predicted molar refractivity (Wildman–Crippen MR) is 259 cm³/mol. The number of nitrogens with two attached hydrogens (primary N) is 3. The van der Waals surface area contributed by atoms with Gasteiger partial charge in [-0.3, -0.25) is 28.8 Å². The van der Waals surface area contributed by atoms with E-state index in [1.165, 1.54) is 27.5 Å². The van der Waals surface area contributed by atoms with Crippen molar-refractivity contribution in [3.63, 3.8) is 0 Å². The van der Waals surface area contributed by atoms with Gasteiger partial charge in [-0.2, -0.15) is 0 Å². The Morgan fingerprint density at radius 1 is 0.594 bits per heavy atom. The van der Waals surface area contributed by atoms with Crippen molar-refractivity contribution in [2.24, 2.45) is 17.2 Å². The summed E-state index contributed by atoms with van der Waals surface area (Å²) in [5, 5.41) is 0. The lowest BCUT2D eigenvalue weighted by atomic mass is 10.0. The van der Waals surface area contributed by atoms with Gasteiger partial charge >= 0.3 is 0 Å². The standard InChI is InChI=1S/C18H25N3O3.C15H19N3O4.C15H20N2O5S/c1-20-15-11-13(6-7-17(15)24-12-14(19)18(20)23)16(22)5-4-10-21-8-2-3-9-21;1-17-12-8-10(14(19)18-4-6-21-7-5-18)2-3-13(12)22-9-11(16)15(17)20;1-17-12-8-10(13(18)4-3-7-23(2,20)21)5-6-14(12)22-9-11(16)15(17)19/h6-7,11,14H,2-5,8-10,12,19H2,1H3;2-3,8,11H,4-7,9,16H2,1H3;5-6,8,11H,3-4,7,9,16H2,1-2H3/t14-;2*11-/m000/s1. The van der Waals surface area contributed by atoms with Gasteiger partial charge in [0.25, 0.3) is 5.91 Å². The van der Waals surface area contributed by atoms with E-state index in [4.69, 9.17) is 36.1 Å². The first kappa shape index (κ1) is 52.4. The third-order valence-electron chi connectivity index (χ3n) is 12.3. The normalized spacial score (nSPS) is 20.4. The fourth-order valence-corrected chi connectivity index (χ4v) is 8.91. The fourth-order valence-electron chi connectivity index (χ4n) is 8.24. The van der Waals surface area contributed by atoms with Gasteiger partial charge in [0.2, 0.25) is 17.7 Å². The lowest BCUT2D eigenvalue weighted by Crippen LogP contribution is -2.43. The molecule has 0 aromatic heterocycles. The predicted octanol–water partition coefficient (Wildman–Crippen LogP) is 1.65. The van der Waals surface area contributed by atoms with Crippen LogP contribution in [0.4, 0.5) is 17.1 Å². The molecule has 2 fully saturated rings. The summed E-state index contributed by atoms with van der Waals surface area (Å²) in [6.45, 7) is 5.89. The van der Waals surface area contributed by atoms with Crippen LogP contribution >= 0.6 is 0 Å². The molecule has 20 nitrogen and oxygen atoms in total. The second kappa shape index (κ2) is 23.6. The van der Waals surface area contributed by atoms with Gasteiger partial charge in [-0.1, -0.05) is 0 Å². The van der Waals surface area contributed by atoms with Crippen molar-refractivity contribution in [1.29, 1.82) is 0 Å². The summed E-state index contributed by atoms with van der Waals surface area (Å²) in [6.07, 6.45) is 5.46. The molecule has 374 valence electrons. The Morgan fingerprint density at radius 3 is 1.41 bits per heavy atom. The second-order valence-corrected chi connectivity index (χ2v) is 19.9. The summed E-state index contributed by atoms with van der Waals surface area (Å²) < 4.78 is 44.1. The SMILES string of the molecule is CN1C(=O)[C@@H](N)COc2ccc(C(=O)CCCN3CCCC3)cc21.CN1C(=O)[C@@H](N)COc2ccc(C(=O)CCCS(C)(=O)=O)cc21.CN1C(=O)[C@@H](N)COc2ccc(C(=O)N3CCOCC3)cc21. The molecule has 0 aliphatic carbocycles. The number of sulfone groups is 1. The molecule has 5 heterocycles. The summed E-state index contributed by atoms with van der Waals surface area (Å²) in [6, 6.07) is 13.1. The number of fused-ring (bicyclic) bond motifs is 3. The van der Waals surface area contributed by atoms with Gasteiger partial charge in [0, 0.05) is 70.0 Å². The number of rotatable bonds is 11. The maximum absolute atomic E-state index is 12.5. The van der Waals surface area contributed by atoms with Crippen molar-refractivity contribution in [1.82, 2.24) is 9.80 Å². The zero-order valence-corrected chi connectivity index (χ0v) is 40.5. The molecule has 21 heteroatoms. The number of carbonyl (C=O) groups is 6. The van der Waals surface area contributed by atoms with Crippen LogP contribution in [0.25, 0.3) is 0 Å². The van der Waals surface area contributed by atoms with Crippen LogP contribution in [-0.2, 0) is 29.0 Å². The Morgan fingerprint density at radius 2 is 0.986 bits per heavy atom. The monoisotopic (exact) mass is 976 g/mol. The first-order valence-corrected chi connectivity index (χ1v) is 25.1. The van der Waals surface area contributed by atoms with Crippen LogP contribution in [0.15, 0.2) is 54.6 Å². The molecule has 0 bridgehead atoms. The number of morpholine rings is 1. The molecule has 4 amide bonds. The van der Waals surface area contributed by atoms with E-state index in [0.717, 1.165) is 32.3 Å². The highest BCUT2D eigenvalue weighted by Crippen LogP contribution is 2.34. The van der Waals surface area contributed by atoms with Crippen molar-refractivity contribution in [2.45, 2.75) is 56.7 Å². The number of anilines is 3. The number of hydrogen-bond donors (Lipinski definition) is 3. The van der Waals surface area contributed by atoms with Crippen LogP contribution in [0.5, 0.6) is 17.2 Å². The third-order valence-corrected chi connectivity index (χ3v) is 13.4. The number of carbonyl (C=O) groups excluding carboxylic acids is 6. The first-order chi connectivity index (χ1) is 32.8. The average molecular weight is 977 g/mol. The summed E-state index contributed by atoms with van der Waals surface area (Å²) in [5.41, 5.74) is 20.5. The second-order valence-electron chi connectivity index (χ2n) is 17.6. The van der Waals surface area contributed by atoms with Crippen LogP contribution < -0.4 is 46.1 Å². The highest BCUT2D eigenvalue weighted by molar-refractivity contribution is 7.90. The minimum absolute atomic E-state index is 0.0277. The number of likely N-dealkylation sites (N-methyl/N-ethyl adjacent to an activating group) is 3. The number of benzene rings is 3. The van der Waals surface area contributed by atoms with Gasteiger partial charge in [-0.05, 0) is 99.9 Å². The maximum Gasteiger partial charge on any atom is 0.254 e. The smallest absolute Gasteiger partial charge is 0.254 e. The van der Waals surface area contributed by atoms with Gasteiger partial charge in [-0.25, -0.2) is 8.42 Å². The van der Waals surface area contributed by atoms with E-state index in [9.17, 15) is 37.2 Å². The molecule has 5 aliphatic rings. The van der Waals surface area contributed by atoms with Crippen LogP contribution in [-0.4, -0.2) is 170 Å². The molecule has 8 rings (SSSR count). The van der Waals surface area contributed by atoms with Crippen molar-refractivity contribution in [3.8, 4) is 17.2 Å². The summed E-state index contributed by atoms with van der Waals surface area (Å²) in [7, 11) is 1.80. The van der Waals surface area contributed by atoms with E-state index in [1.54, 1.807) is 80.6 Å². The van der Waals surface area contributed by atoms with Crippen molar-refractivity contribution < 1.29 is 56.1 Å². The number of nitrogens with zero attached hydrogens (tertiary/aromatic N) is 5. The molecule has 0 unspecified atom stereocenters. The van der Waals surface area contributed by atoms with E-state index in [1.807, 2.05) is 0 Å². The minimum atomic E-state index is -3.08. The fraction of sp³-hybridized carbons (Fsp3) is 0.500. The number of hydrogen-bond acceptors (Lipinski definition) is 16. The molecule has 0 radical (unpaired) electrons. The number of Topliss-reactive ketones (excluding diaryl/α,β-unsaturated/α-hetero) is 2. The summed E-state index contributed by atoms with van der Waals surface area (Å²) in [5.74, 6) is 0.751. The lowest BCUT2D eigenvalue weighted by molar-refractivity contribution is -0.120. The highest BCUT2D eigenvalue weighted by atomic mass is 32.2. The average Bonchev–Trinajstić information content (AvgIpc) is 3.78.